The van der Waals surface area contributed by atoms with Gasteiger partial charge in [-0.05, 0) is 55.5 Å². The summed E-state index contributed by atoms with van der Waals surface area (Å²) in [6.45, 7) is 1.93. The molecule has 1 amide bonds. The Balaban J connectivity index is 1.76. The molecule has 0 radical (unpaired) electrons. The Kier molecular flexibility index (Phi) is 4.87. The van der Waals surface area contributed by atoms with Crippen molar-refractivity contribution in [2.24, 2.45) is 0 Å². The molecule has 3 rings (SSSR count). The number of carbonyl (C=O) groups excluding carboxylic acids is 1. The highest BCUT2D eigenvalue weighted by molar-refractivity contribution is 9.10. The van der Waals surface area contributed by atoms with Crippen molar-refractivity contribution in [1.29, 1.82) is 0 Å². The van der Waals surface area contributed by atoms with Crippen molar-refractivity contribution >= 4 is 55.8 Å². The minimum absolute atomic E-state index is 0.235. The van der Waals surface area contributed by atoms with Crippen LogP contribution in [0.15, 0.2) is 59.1 Å². The number of halogens is 1. The highest BCUT2D eigenvalue weighted by Crippen LogP contribution is 2.21. The quantitative estimate of drug-likeness (QED) is 0.625. The van der Waals surface area contributed by atoms with Gasteiger partial charge >= 0.3 is 0 Å². The van der Waals surface area contributed by atoms with Crippen LogP contribution in [0.3, 0.4) is 0 Å². The van der Waals surface area contributed by atoms with E-state index in [2.05, 4.69) is 31.5 Å². The lowest BCUT2D eigenvalue weighted by Crippen LogP contribution is -2.34. The molecule has 0 aliphatic rings. The van der Waals surface area contributed by atoms with Crippen LogP contribution >= 0.6 is 28.1 Å². The summed E-state index contributed by atoms with van der Waals surface area (Å²) in [7, 11) is 0. The van der Waals surface area contributed by atoms with Crippen molar-refractivity contribution in [2.75, 3.05) is 5.32 Å². The molecule has 1 aromatic heterocycles. The molecule has 6 heteroatoms. The summed E-state index contributed by atoms with van der Waals surface area (Å²) in [5.41, 5.74) is 3.03. The van der Waals surface area contributed by atoms with Gasteiger partial charge in [0, 0.05) is 21.1 Å². The highest BCUT2D eigenvalue weighted by Gasteiger charge is 2.09. The van der Waals surface area contributed by atoms with Gasteiger partial charge in [-0.2, -0.15) is 0 Å². The summed E-state index contributed by atoms with van der Waals surface area (Å²) in [4.78, 5) is 16.7. The zero-order chi connectivity index (χ0) is 17.1. The molecule has 0 spiro atoms. The number of thiocarbonyl (C=S) groups is 1. The molecule has 0 atom stereocenters. The molecule has 2 aromatic carbocycles. The molecule has 0 unspecified atom stereocenters. The lowest BCUT2D eigenvalue weighted by atomic mass is 10.2. The maximum absolute atomic E-state index is 12.2. The van der Waals surface area contributed by atoms with Crippen molar-refractivity contribution in [2.45, 2.75) is 6.92 Å². The molecule has 4 nitrogen and oxygen atoms in total. The van der Waals surface area contributed by atoms with Gasteiger partial charge < -0.3 is 5.32 Å². The van der Waals surface area contributed by atoms with Crippen LogP contribution in [0.2, 0.25) is 0 Å². The first-order valence-electron chi connectivity index (χ1n) is 7.27. The summed E-state index contributed by atoms with van der Waals surface area (Å²) in [5, 5.41) is 6.98. The van der Waals surface area contributed by atoms with E-state index < -0.39 is 0 Å². The van der Waals surface area contributed by atoms with Crippen molar-refractivity contribution in [1.82, 2.24) is 10.3 Å². The number of hydrogen-bond acceptors (Lipinski definition) is 3. The fraction of sp³-hybridized carbons (Fsp3) is 0.0556. The number of pyridine rings is 1. The van der Waals surface area contributed by atoms with E-state index in [1.807, 2.05) is 49.4 Å². The van der Waals surface area contributed by atoms with Gasteiger partial charge in [0.1, 0.15) is 0 Å². The molecule has 1 heterocycles. The van der Waals surface area contributed by atoms with Gasteiger partial charge in [0.25, 0.3) is 5.91 Å². The molecule has 0 saturated heterocycles. The highest BCUT2D eigenvalue weighted by atomic mass is 79.9. The summed E-state index contributed by atoms with van der Waals surface area (Å²) in [6, 6.07) is 16.8. The van der Waals surface area contributed by atoms with Crippen LogP contribution in [0, 0.1) is 6.92 Å². The van der Waals surface area contributed by atoms with Crippen LogP contribution in [0.5, 0.6) is 0 Å². The fourth-order valence-corrected chi connectivity index (χ4v) is 2.74. The Bertz CT molecular complexity index is 925. The number of amides is 1. The molecule has 0 aliphatic carbocycles. The first-order valence-corrected chi connectivity index (χ1v) is 8.47. The van der Waals surface area contributed by atoms with Crippen LogP contribution in [-0.4, -0.2) is 16.0 Å². The minimum atomic E-state index is -0.260. The molecular formula is C18H14BrN3OS. The first-order chi connectivity index (χ1) is 11.5. The number of carbonyl (C=O) groups is 1. The predicted molar refractivity (Wildman–Crippen MR) is 104 cm³/mol. The Morgan fingerprint density at radius 3 is 2.58 bits per heavy atom. The number of nitrogens with zero attached hydrogens (tertiary/aromatic N) is 1. The van der Waals surface area contributed by atoms with E-state index in [1.54, 1.807) is 12.1 Å². The van der Waals surface area contributed by atoms with Gasteiger partial charge in [0.2, 0.25) is 0 Å². The second-order valence-electron chi connectivity index (χ2n) is 5.25. The second kappa shape index (κ2) is 7.07. The molecule has 0 bridgehead atoms. The Morgan fingerprint density at radius 2 is 1.83 bits per heavy atom. The lowest BCUT2D eigenvalue weighted by Gasteiger charge is -2.11. The second-order valence-corrected chi connectivity index (χ2v) is 6.57. The molecule has 24 heavy (non-hydrogen) atoms. The van der Waals surface area contributed by atoms with Crippen molar-refractivity contribution in [3.8, 4) is 0 Å². The van der Waals surface area contributed by atoms with E-state index in [4.69, 9.17) is 12.2 Å². The summed E-state index contributed by atoms with van der Waals surface area (Å²) >= 11 is 8.60. The van der Waals surface area contributed by atoms with Gasteiger partial charge in [0.05, 0.1) is 11.2 Å². The largest absolute Gasteiger partial charge is 0.331 e. The zero-order valence-electron chi connectivity index (χ0n) is 12.8. The smallest absolute Gasteiger partial charge is 0.257 e. The third-order valence-electron chi connectivity index (χ3n) is 3.44. The van der Waals surface area contributed by atoms with Gasteiger partial charge in [-0.15, -0.1) is 0 Å². The van der Waals surface area contributed by atoms with E-state index in [1.165, 1.54) is 0 Å². The van der Waals surface area contributed by atoms with E-state index in [9.17, 15) is 4.79 Å². The minimum Gasteiger partial charge on any atom is -0.331 e. The number of nitrogens with one attached hydrogen (secondary N) is 2. The molecule has 120 valence electrons. The number of anilines is 1. The molecule has 0 saturated carbocycles. The average molecular weight is 400 g/mol. The summed E-state index contributed by atoms with van der Waals surface area (Å²) in [6.07, 6.45) is 0. The third-order valence-corrected chi connectivity index (χ3v) is 4.17. The Hall–Kier alpha value is -2.31. The van der Waals surface area contributed by atoms with Crippen LogP contribution in [0.4, 0.5) is 5.69 Å². The van der Waals surface area contributed by atoms with Crippen molar-refractivity contribution < 1.29 is 4.79 Å². The molecule has 3 aromatic rings. The molecule has 0 fully saturated rings. The van der Waals surface area contributed by atoms with Gasteiger partial charge in [0.15, 0.2) is 5.11 Å². The Labute approximate surface area is 153 Å². The number of hydrogen-bond donors (Lipinski definition) is 2. The zero-order valence-corrected chi connectivity index (χ0v) is 15.2. The number of rotatable bonds is 2. The van der Waals surface area contributed by atoms with Gasteiger partial charge in [-0.1, -0.05) is 34.1 Å². The first kappa shape index (κ1) is 16.5. The lowest BCUT2D eigenvalue weighted by molar-refractivity contribution is 0.0977. The van der Waals surface area contributed by atoms with E-state index in [0.717, 1.165) is 26.8 Å². The standard InChI is InChI=1S/C18H14BrN3OS/c1-11-5-6-12-3-2-4-15(16(12)20-11)21-18(24)22-17(23)13-7-9-14(19)10-8-13/h2-10H,1H3,(H2,21,22,23,24). The maximum Gasteiger partial charge on any atom is 0.257 e. The molecule has 0 aliphatic heterocycles. The van der Waals surface area contributed by atoms with Gasteiger partial charge in [-0.3, -0.25) is 15.1 Å². The van der Waals surface area contributed by atoms with Crippen molar-refractivity contribution in [3.05, 3.63) is 70.3 Å². The summed E-state index contributed by atoms with van der Waals surface area (Å²) < 4.78 is 0.914. The van der Waals surface area contributed by atoms with Crippen LogP contribution in [0.25, 0.3) is 10.9 Å². The number of benzene rings is 2. The number of aryl methyl sites for hydroxylation is 1. The van der Waals surface area contributed by atoms with Crippen LogP contribution < -0.4 is 10.6 Å². The molecule has 2 N–H and O–H groups in total. The van der Waals surface area contributed by atoms with Crippen LogP contribution in [0.1, 0.15) is 16.1 Å². The SMILES string of the molecule is Cc1ccc2cccc(NC(=S)NC(=O)c3ccc(Br)cc3)c2n1. The maximum atomic E-state index is 12.2. The third kappa shape index (κ3) is 3.77. The number of aromatic nitrogens is 1. The van der Waals surface area contributed by atoms with Gasteiger partial charge in [-0.25, -0.2) is 0 Å². The number of fused-ring (bicyclic) bond motifs is 1. The van der Waals surface area contributed by atoms with Crippen LogP contribution in [-0.2, 0) is 0 Å². The van der Waals surface area contributed by atoms with E-state index >= 15 is 0 Å². The van der Waals surface area contributed by atoms with E-state index in [0.29, 0.717) is 5.56 Å². The monoisotopic (exact) mass is 399 g/mol. The summed E-state index contributed by atoms with van der Waals surface area (Å²) in [5.74, 6) is -0.260. The number of para-hydroxylation sites is 1. The average Bonchev–Trinajstić information content (AvgIpc) is 2.56. The Morgan fingerprint density at radius 1 is 1.08 bits per heavy atom. The normalized spacial score (nSPS) is 10.4. The predicted octanol–water partition coefficient (Wildman–Crippen LogP) is 4.43. The topological polar surface area (TPSA) is 54.0 Å². The fourth-order valence-electron chi connectivity index (χ4n) is 2.28. The van der Waals surface area contributed by atoms with E-state index in [-0.39, 0.29) is 11.0 Å². The van der Waals surface area contributed by atoms with Crippen molar-refractivity contribution in [3.63, 3.8) is 0 Å². The molecular weight excluding hydrogens is 386 g/mol.